The van der Waals surface area contributed by atoms with E-state index in [4.69, 9.17) is 21.4 Å². The lowest BCUT2D eigenvalue weighted by Crippen LogP contribution is -2.29. The molecule has 1 aromatic rings. The lowest BCUT2D eigenvalue weighted by molar-refractivity contribution is -0.138. The smallest absolute Gasteiger partial charge is 0.303 e. The molecule has 0 aliphatic heterocycles. The van der Waals surface area contributed by atoms with Gasteiger partial charge < -0.3 is 15.2 Å². The molecule has 1 aromatic carbocycles. The van der Waals surface area contributed by atoms with E-state index in [1.54, 1.807) is 19.1 Å². The molecule has 0 spiro atoms. The lowest BCUT2D eigenvalue weighted by atomic mass is 10.1. The maximum absolute atomic E-state index is 11.6. The second-order valence-electron chi connectivity index (χ2n) is 5.37. The zero-order valence-electron chi connectivity index (χ0n) is 12.9. The minimum atomic E-state index is -0.853. The molecule has 6 heteroatoms. The number of rotatable bonds is 9. The minimum Gasteiger partial charge on any atom is -0.494 e. The fourth-order valence-corrected chi connectivity index (χ4v) is 1.99. The molecule has 0 saturated carbocycles. The van der Waals surface area contributed by atoms with Gasteiger partial charge in [-0.25, -0.2) is 0 Å². The average Bonchev–Trinajstić information content (AvgIpc) is 2.44. The van der Waals surface area contributed by atoms with Crippen molar-refractivity contribution in [1.82, 2.24) is 5.32 Å². The van der Waals surface area contributed by atoms with E-state index in [0.29, 0.717) is 31.0 Å². The van der Waals surface area contributed by atoms with Crippen LogP contribution in [0.25, 0.3) is 0 Å². The number of carbonyl (C=O) groups excluding carboxylic acids is 1. The Bertz CT molecular complexity index is 519. The van der Waals surface area contributed by atoms with Gasteiger partial charge in [0.2, 0.25) is 5.91 Å². The highest BCUT2D eigenvalue weighted by molar-refractivity contribution is 6.31. The summed E-state index contributed by atoms with van der Waals surface area (Å²) in [6.07, 6.45) is 1.01. The largest absolute Gasteiger partial charge is 0.494 e. The van der Waals surface area contributed by atoms with E-state index >= 15 is 0 Å². The predicted octanol–water partition coefficient (Wildman–Crippen LogP) is 3.03. The van der Waals surface area contributed by atoms with Crippen molar-refractivity contribution in [3.05, 3.63) is 28.8 Å². The van der Waals surface area contributed by atoms with Gasteiger partial charge >= 0.3 is 5.97 Å². The number of hydrogen-bond donors (Lipinski definition) is 2. The van der Waals surface area contributed by atoms with E-state index < -0.39 is 5.97 Å². The number of carboxylic acids is 1. The number of carboxylic acid groups (broad SMARTS) is 1. The number of aliphatic carboxylic acids is 1. The number of halogens is 1. The topological polar surface area (TPSA) is 75.6 Å². The fraction of sp³-hybridized carbons (Fsp3) is 0.500. The Kier molecular flexibility index (Phi) is 7.74. The van der Waals surface area contributed by atoms with Crippen LogP contribution < -0.4 is 10.1 Å². The van der Waals surface area contributed by atoms with E-state index in [9.17, 15) is 9.59 Å². The highest BCUT2D eigenvalue weighted by atomic mass is 35.5. The zero-order valence-corrected chi connectivity index (χ0v) is 13.7. The van der Waals surface area contributed by atoms with Crippen LogP contribution in [0, 0.1) is 12.8 Å². The molecule has 22 heavy (non-hydrogen) atoms. The number of hydrogen-bond acceptors (Lipinski definition) is 3. The molecule has 1 unspecified atom stereocenters. The number of carbonyl (C=O) groups is 2. The summed E-state index contributed by atoms with van der Waals surface area (Å²) in [5, 5.41) is 12.1. The molecular weight excluding hydrogens is 306 g/mol. The van der Waals surface area contributed by atoms with Gasteiger partial charge in [0.25, 0.3) is 0 Å². The van der Waals surface area contributed by atoms with Crippen molar-refractivity contribution in [3.63, 3.8) is 0 Å². The number of benzene rings is 1. The Hall–Kier alpha value is -1.75. The Morgan fingerprint density at radius 1 is 1.41 bits per heavy atom. The van der Waals surface area contributed by atoms with Gasteiger partial charge in [0, 0.05) is 24.4 Å². The Labute approximate surface area is 135 Å². The molecule has 1 rings (SSSR count). The van der Waals surface area contributed by atoms with Crippen LogP contribution in [0.4, 0.5) is 0 Å². The fourth-order valence-electron chi connectivity index (χ4n) is 1.88. The summed E-state index contributed by atoms with van der Waals surface area (Å²) >= 11 is 5.93. The second kappa shape index (κ2) is 9.30. The van der Waals surface area contributed by atoms with Crippen molar-refractivity contribution in [3.8, 4) is 5.75 Å². The molecule has 1 atom stereocenters. The molecule has 0 fully saturated rings. The Morgan fingerprint density at radius 2 is 2.14 bits per heavy atom. The Balaban J connectivity index is 2.17. The summed E-state index contributed by atoms with van der Waals surface area (Å²) in [7, 11) is 0. The SMILES string of the molecule is Cc1cc(OCCCC(=O)NCC(C)CC(=O)O)ccc1Cl. The van der Waals surface area contributed by atoms with Gasteiger partial charge in [-0.15, -0.1) is 0 Å². The van der Waals surface area contributed by atoms with Gasteiger partial charge in [0.15, 0.2) is 0 Å². The summed E-state index contributed by atoms with van der Waals surface area (Å²) in [6, 6.07) is 5.43. The Morgan fingerprint density at radius 3 is 2.77 bits per heavy atom. The summed E-state index contributed by atoms with van der Waals surface area (Å²) in [6.45, 7) is 4.52. The molecule has 0 heterocycles. The first-order chi connectivity index (χ1) is 10.4. The summed E-state index contributed by atoms with van der Waals surface area (Å²) in [5.41, 5.74) is 0.948. The first-order valence-electron chi connectivity index (χ1n) is 7.26. The summed E-state index contributed by atoms with van der Waals surface area (Å²) < 4.78 is 5.55. The number of amides is 1. The van der Waals surface area contributed by atoms with Crippen LogP contribution in [0.5, 0.6) is 5.75 Å². The first kappa shape index (κ1) is 18.3. The van der Waals surface area contributed by atoms with E-state index in [1.165, 1.54) is 0 Å². The van der Waals surface area contributed by atoms with Crippen LogP contribution in [0.15, 0.2) is 18.2 Å². The maximum atomic E-state index is 11.6. The highest BCUT2D eigenvalue weighted by Gasteiger charge is 2.09. The average molecular weight is 328 g/mol. The monoisotopic (exact) mass is 327 g/mol. The third kappa shape index (κ3) is 7.31. The van der Waals surface area contributed by atoms with Gasteiger partial charge in [0.1, 0.15) is 5.75 Å². The van der Waals surface area contributed by atoms with Crippen molar-refractivity contribution in [2.75, 3.05) is 13.2 Å². The normalized spacial score (nSPS) is 11.8. The number of ether oxygens (including phenoxy) is 1. The quantitative estimate of drug-likeness (QED) is 0.684. The molecule has 0 aromatic heterocycles. The van der Waals surface area contributed by atoms with E-state index in [1.807, 2.05) is 13.0 Å². The number of nitrogens with one attached hydrogen (secondary N) is 1. The third-order valence-corrected chi connectivity index (χ3v) is 3.54. The molecule has 0 aliphatic rings. The van der Waals surface area contributed by atoms with Crippen molar-refractivity contribution in [2.24, 2.45) is 5.92 Å². The van der Waals surface area contributed by atoms with Crippen LogP contribution in [-0.2, 0) is 9.59 Å². The van der Waals surface area contributed by atoms with Gasteiger partial charge in [-0.2, -0.15) is 0 Å². The molecule has 5 nitrogen and oxygen atoms in total. The lowest BCUT2D eigenvalue weighted by Gasteiger charge is -2.11. The van der Waals surface area contributed by atoms with Crippen LogP contribution >= 0.6 is 11.6 Å². The van der Waals surface area contributed by atoms with Gasteiger partial charge in [-0.3, -0.25) is 9.59 Å². The van der Waals surface area contributed by atoms with Crippen LogP contribution in [0.2, 0.25) is 5.02 Å². The van der Waals surface area contributed by atoms with Crippen molar-refractivity contribution in [2.45, 2.75) is 33.1 Å². The zero-order chi connectivity index (χ0) is 16.5. The van der Waals surface area contributed by atoms with Crippen molar-refractivity contribution in [1.29, 1.82) is 0 Å². The van der Waals surface area contributed by atoms with Gasteiger partial charge in [-0.05, 0) is 43.0 Å². The standard InChI is InChI=1S/C16H22ClNO4/c1-11(8-16(20)21)10-18-15(19)4-3-7-22-13-5-6-14(17)12(2)9-13/h5-6,9,11H,3-4,7-8,10H2,1-2H3,(H,18,19)(H,20,21). The van der Waals surface area contributed by atoms with E-state index in [2.05, 4.69) is 5.32 Å². The molecule has 122 valence electrons. The molecule has 0 aliphatic carbocycles. The number of aryl methyl sites for hydroxylation is 1. The van der Waals surface area contributed by atoms with E-state index in [-0.39, 0.29) is 18.2 Å². The predicted molar refractivity (Wildman–Crippen MR) is 85.3 cm³/mol. The van der Waals surface area contributed by atoms with E-state index in [0.717, 1.165) is 11.3 Å². The third-order valence-electron chi connectivity index (χ3n) is 3.12. The molecule has 0 saturated heterocycles. The molecule has 2 N–H and O–H groups in total. The van der Waals surface area contributed by atoms with Crippen LogP contribution in [0.3, 0.4) is 0 Å². The van der Waals surface area contributed by atoms with Gasteiger partial charge in [-0.1, -0.05) is 18.5 Å². The summed E-state index contributed by atoms with van der Waals surface area (Å²) in [5.74, 6) is -0.284. The first-order valence-corrected chi connectivity index (χ1v) is 7.63. The molecule has 0 radical (unpaired) electrons. The highest BCUT2D eigenvalue weighted by Crippen LogP contribution is 2.21. The van der Waals surface area contributed by atoms with Crippen molar-refractivity contribution >= 4 is 23.5 Å². The van der Waals surface area contributed by atoms with Crippen LogP contribution in [-0.4, -0.2) is 30.1 Å². The summed E-state index contributed by atoms with van der Waals surface area (Å²) in [4.78, 5) is 22.1. The minimum absolute atomic E-state index is 0.0549. The molecular formula is C16H22ClNO4. The maximum Gasteiger partial charge on any atom is 0.303 e. The second-order valence-corrected chi connectivity index (χ2v) is 5.78. The molecule has 0 bridgehead atoms. The van der Waals surface area contributed by atoms with Crippen molar-refractivity contribution < 1.29 is 19.4 Å². The molecule has 1 amide bonds. The van der Waals surface area contributed by atoms with Gasteiger partial charge in [0.05, 0.1) is 6.61 Å². The van der Waals surface area contributed by atoms with Crippen LogP contribution in [0.1, 0.15) is 31.7 Å².